The predicted octanol–water partition coefficient (Wildman–Crippen LogP) is 4.18. The van der Waals surface area contributed by atoms with E-state index in [1.54, 1.807) is 45.0 Å². The fourth-order valence-electron chi connectivity index (χ4n) is 3.27. The Morgan fingerprint density at radius 1 is 0.941 bits per heavy atom. The number of carbonyl (C=O) groups excluding carboxylic acids is 3. The number of nitrogens with zero attached hydrogens (tertiary/aromatic N) is 1. The minimum atomic E-state index is -0.765. The van der Waals surface area contributed by atoms with Crippen molar-refractivity contribution in [3.63, 3.8) is 0 Å². The van der Waals surface area contributed by atoms with Gasteiger partial charge in [-0.25, -0.2) is 14.4 Å². The summed E-state index contributed by atoms with van der Waals surface area (Å²) in [6, 6.07) is 6.91. The van der Waals surface area contributed by atoms with Gasteiger partial charge < -0.3 is 24.1 Å². The number of fused-ring (bicyclic) bond motifs is 3. The molecule has 1 aliphatic heterocycles. The summed E-state index contributed by atoms with van der Waals surface area (Å²) in [7, 11) is 3.44. The smallest absolute Gasteiger partial charge is 0.415 e. The maximum atomic E-state index is 12.9. The van der Waals surface area contributed by atoms with E-state index in [9.17, 15) is 14.4 Å². The van der Waals surface area contributed by atoms with Crippen LogP contribution in [-0.2, 0) is 35.3 Å². The van der Waals surface area contributed by atoms with Crippen LogP contribution in [0, 0.1) is 0 Å². The van der Waals surface area contributed by atoms with E-state index in [0.29, 0.717) is 16.5 Å². The maximum absolute atomic E-state index is 12.9. The van der Waals surface area contributed by atoms with Crippen LogP contribution in [0.25, 0.3) is 10.8 Å². The third kappa shape index (κ3) is 6.70. The molecule has 2 aromatic carbocycles. The molecule has 34 heavy (non-hydrogen) atoms. The normalized spacial score (nSPS) is 11.7. The molecule has 0 aromatic heterocycles. The molecule has 0 atom stereocenters. The van der Waals surface area contributed by atoms with Gasteiger partial charge in [0.05, 0.1) is 32.0 Å². The number of aliphatic hydroxyl groups excluding tert-OH is 1. The summed E-state index contributed by atoms with van der Waals surface area (Å²) in [5.74, 6) is -1.38. The Kier molecular flexibility index (Phi) is 12.8. The molecule has 0 aliphatic carbocycles. The molecule has 1 aliphatic rings. The molecule has 3 rings (SSSR count). The van der Waals surface area contributed by atoms with E-state index in [1.165, 1.54) is 19.1 Å². The van der Waals surface area contributed by atoms with Gasteiger partial charge in [0.2, 0.25) is 0 Å². The first-order valence-electron chi connectivity index (χ1n) is 10.5. The maximum Gasteiger partial charge on any atom is 0.415 e. The van der Waals surface area contributed by atoms with Gasteiger partial charge in [-0.05, 0) is 26.2 Å². The molecule has 0 radical (unpaired) electrons. The molecule has 10 heteroatoms. The van der Waals surface area contributed by atoms with Crippen LogP contribution < -0.4 is 9.64 Å². The molecule has 0 fully saturated rings. The van der Waals surface area contributed by atoms with Gasteiger partial charge in [0.15, 0.2) is 5.75 Å². The van der Waals surface area contributed by atoms with Crippen molar-refractivity contribution in [3.05, 3.63) is 35.4 Å². The second kappa shape index (κ2) is 13.9. The standard InChI is InChI=1S/C21H23NO7.C2H6.CH4O.W/c1-21(2,3)29-20(25)22-10-11-28-17-15(19(24)27-5)14(18(23)26-4)12-8-6-7-9-13(12)16(17)22;2*1-2;/h6-9H,10-11H2,1-5H3;1-2H3;2H,1H3;. The van der Waals surface area contributed by atoms with E-state index in [-0.39, 0.29) is 51.1 Å². The molecular formula is C24H33NO8W. The predicted molar refractivity (Wildman–Crippen MR) is 125 cm³/mol. The van der Waals surface area contributed by atoms with Gasteiger partial charge >= 0.3 is 18.0 Å². The zero-order chi connectivity index (χ0) is 25.3. The summed E-state index contributed by atoms with van der Waals surface area (Å²) in [6.45, 7) is 9.65. The molecule has 9 nitrogen and oxygen atoms in total. The van der Waals surface area contributed by atoms with E-state index in [0.717, 1.165) is 7.11 Å². The largest absolute Gasteiger partial charge is 0.489 e. The van der Waals surface area contributed by atoms with Gasteiger partial charge in [-0.2, -0.15) is 0 Å². The molecular weight excluding hydrogens is 614 g/mol. The number of benzene rings is 2. The monoisotopic (exact) mass is 647 g/mol. The van der Waals surface area contributed by atoms with Crippen LogP contribution in [0.2, 0.25) is 0 Å². The first-order valence-corrected chi connectivity index (χ1v) is 10.5. The Bertz CT molecular complexity index is 1000. The van der Waals surface area contributed by atoms with Crippen molar-refractivity contribution >= 4 is 34.5 Å². The van der Waals surface area contributed by atoms with Crippen molar-refractivity contribution in [2.24, 2.45) is 0 Å². The Hall–Kier alpha value is -2.64. The van der Waals surface area contributed by atoms with Crippen molar-refractivity contribution in [1.29, 1.82) is 0 Å². The Labute approximate surface area is 214 Å². The topological polar surface area (TPSA) is 112 Å². The molecule has 2 aromatic rings. The zero-order valence-corrected chi connectivity index (χ0v) is 23.8. The number of anilines is 1. The van der Waals surface area contributed by atoms with Crippen molar-refractivity contribution < 1.29 is 59.5 Å². The van der Waals surface area contributed by atoms with Gasteiger partial charge in [0.1, 0.15) is 17.8 Å². The van der Waals surface area contributed by atoms with Crippen LogP contribution in [0.15, 0.2) is 24.3 Å². The minimum absolute atomic E-state index is 0. The van der Waals surface area contributed by atoms with Gasteiger partial charge in [-0.15, -0.1) is 0 Å². The number of esters is 2. The van der Waals surface area contributed by atoms with E-state index < -0.39 is 23.6 Å². The molecule has 1 N–H and O–H groups in total. The van der Waals surface area contributed by atoms with E-state index in [2.05, 4.69) is 0 Å². The van der Waals surface area contributed by atoms with Crippen LogP contribution in [-0.4, -0.2) is 63.2 Å². The number of rotatable bonds is 2. The number of ether oxygens (including phenoxy) is 4. The fourth-order valence-corrected chi connectivity index (χ4v) is 3.27. The van der Waals surface area contributed by atoms with E-state index in [1.807, 2.05) is 13.8 Å². The summed E-state index contributed by atoms with van der Waals surface area (Å²) in [5.41, 5.74) is -0.405. The average molecular weight is 647 g/mol. The van der Waals surface area contributed by atoms with Gasteiger partial charge in [-0.1, -0.05) is 38.1 Å². The second-order valence-corrected chi connectivity index (χ2v) is 7.44. The molecule has 0 unspecified atom stereocenters. The molecule has 0 bridgehead atoms. The second-order valence-electron chi connectivity index (χ2n) is 7.44. The van der Waals surface area contributed by atoms with Crippen molar-refractivity contribution in [1.82, 2.24) is 0 Å². The quantitative estimate of drug-likeness (QED) is 0.382. The first-order chi connectivity index (χ1) is 15.7. The number of methoxy groups -OCH3 is 2. The zero-order valence-electron chi connectivity index (χ0n) is 20.9. The van der Waals surface area contributed by atoms with Crippen LogP contribution in [0.1, 0.15) is 55.3 Å². The number of hydrogen-bond donors (Lipinski definition) is 1. The van der Waals surface area contributed by atoms with Gasteiger partial charge in [0, 0.05) is 33.6 Å². The molecule has 0 saturated heterocycles. The summed E-state index contributed by atoms with van der Waals surface area (Å²) in [6.07, 6.45) is -0.575. The molecule has 188 valence electrons. The number of hydrogen-bond acceptors (Lipinski definition) is 8. The van der Waals surface area contributed by atoms with Gasteiger partial charge in [-0.3, -0.25) is 4.90 Å². The van der Waals surface area contributed by atoms with Crippen molar-refractivity contribution in [2.75, 3.05) is 39.4 Å². The Morgan fingerprint density at radius 3 is 1.94 bits per heavy atom. The van der Waals surface area contributed by atoms with Crippen LogP contribution in [0.4, 0.5) is 10.5 Å². The van der Waals surface area contributed by atoms with Crippen LogP contribution in [0.3, 0.4) is 0 Å². The third-order valence-corrected chi connectivity index (χ3v) is 4.37. The Balaban J connectivity index is 0.00000207. The summed E-state index contributed by atoms with van der Waals surface area (Å²) < 4.78 is 21.1. The molecule has 1 heterocycles. The first kappa shape index (κ1) is 31.4. The molecule has 0 saturated carbocycles. The number of amides is 1. The molecule has 1 amide bonds. The SMILES string of the molecule is CC.CO.COC(=O)c1c2c(c3ccccc3c1C(=O)OC)N(C(=O)OC(C)(C)C)CCO2.[W]. The minimum Gasteiger partial charge on any atom is -0.489 e. The third-order valence-electron chi connectivity index (χ3n) is 4.37. The number of carbonyl (C=O) groups is 3. The van der Waals surface area contributed by atoms with Crippen LogP contribution in [0.5, 0.6) is 5.75 Å². The van der Waals surface area contributed by atoms with Crippen molar-refractivity contribution in [2.45, 2.75) is 40.2 Å². The molecule has 0 spiro atoms. The number of aliphatic hydroxyl groups is 1. The van der Waals surface area contributed by atoms with E-state index in [4.69, 9.17) is 24.1 Å². The van der Waals surface area contributed by atoms with Crippen molar-refractivity contribution in [3.8, 4) is 5.75 Å². The Morgan fingerprint density at radius 2 is 1.44 bits per heavy atom. The van der Waals surface area contributed by atoms with E-state index >= 15 is 0 Å². The summed E-state index contributed by atoms with van der Waals surface area (Å²) in [4.78, 5) is 39.5. The fraction of sp³-hybridized carbons (Fsp3) is 0.458. The van der Waals surface area contributed by atoms with Crippen LogP contribution >= 0.6 is 0 Å². The summed E-state index contributed by atoms with van der Waals surface area (Å²) >= 11 is 0. The average Bonchev–Trinajstić information content (AvgIpc) is 2.83. The van der Waals surface area contributed by atoms with Gasteiger partial charge in [0.25, 0.3) is 0 Å². The summed E-state index contributed by atoms with van der Waals surface area (Å²) in [5, 5.41) is 8.00.